The molecule has 0 unspecified atom stereocenters. The van der Waals surface area contributed by atoms with Crippen LogP contribution in [0.5, 0.6) is 0 Å². The quantitative estimate of drug-likeness (QED) is 0.856. The summed E-state index contributed by atoms with van der Waals surface area (Å²) in [5, 5.41) is 18.7. The van der Waals surface area contributed by atoms with Gasteiger partial charge in [-0.1, -0.05) is 17.3 Å². The molecule has 1 aromatic carbocycles. The van der Waals surface area contributed by atoms with Gasteiger partial charge in [-0.2, -0.15) is 0 Å². The van der Waals surface area contributed by atoms with E-state index in [1.807, 2.05) is 26.0 Å². The Hall–Kier alpha value is -2.70. The number of carbonyl (C=O) groups is 2. The van der Waals surface area contributed by atoms with Crippen LogP contribution in [-0.2, 0) is 6.54 Å². The van der Waals surface area contributed by atoms with E-state index in [2.05, 4.69) is 15.6 Å². The Morgan fingerprint density at radius 2 is 2.10 bits per heavy atom. The lowest BCUT2D eigenvalue weighted by molar-refractivity contribution is 0.0690. The lowest BCUT2D eigenvalue weighted by atomic mass is 10.0. The summed E-state index contributed by atoms with van der Waals surface area (Å²) in [6, 6.07) is 5.57. The zero-order valence-electron chi connectivity index (χ0n) is 11.8. The molecule has 0 atom stereocenters. The van der Waals surface area contributed by atoms with Crippen LogP contribution in [0.25, 0.3) is 0 Å². The number of aromatic nitrogens is 3. The molecule has 110 valence electrons. The van der Waals surface area contributed by atoms with Crippen molar-refractivity contribution in [3.63, 3.8) is 0 Å². The highest BCUT2D eigenvalue weighted by Gasteiger charge is 2.10. The number of amides is 1. The highest BCUT2D eigenvalue weighted by molar-refractivity contribution is 5.95. The van der Waals surface area contributed by atoms with Crippen molar-refractivity contribution in [2.24, 2.45) is 0 Å². The Kier molecular flexibility index (Phi) is 4.32. The van der Waals surface area contributed by atoms with Crippen molar-refractivity contribution in [1.29, 1.82) is 0 Å². The van der Waals surface area contributed by atoms with E-state index in [0.29, 0.717) is 18.7 Å². The van der Waals surface area contributed by atoms with E-state index in [9.17, 15) is 9.59 Å². The number of aromatic carboxylic acids is 1. The first-order valence-corrected chi connectivity index (χ1v) is 6.47. The highest BCUT2D eigenvalue weighted by Crippen LogP contribution is 2.12. The second kappa shape index (κ2) is 6.17. The Morgan fingerprint density at radius 3 is 2.76 bits per heavy atom. The third-order valence-electron chi connectivity index (χ3n) is 3.23. The number of carboxylic acids is 1. The van der Waals surface area contributed by atoms with Crippen molar-refractivity contribution in [1.82, 2.24) is 20.3 Å². The molecule has 7 nitrogen and oxygen atoms in total. The summed E-state index contributed by atoms with van der Waals surface area (Å²) in [7, 11) is 0. The van der Waals surface area contributed by atoms with Gasteiger partial charge in [0.2, 0.25) is 0 Å². The van der Waals surface area contributed by atoms with Gasteiger partial charge in [-0.3, -0.25) is 4.79 Å². The zero-order valence-corrected chi connectivity index (χ0v) is 11.8. The average Bonchev–Trinajstić information content (AvgIpc) is 2.91. The van der Waals surface area contributed by atoms with Crippen LogP contribution in [0.15, 0.2) is 24.4 Å². The molecule has 0 spiro atoms. The van der Waals surface area contributed by atoms with Crippen LogP contribution < -0.4 is 5.32 Å². The number of rotatable bonds is 5. The summed E-state index contributed by atoms with van der Waals surface area (Å²) in [4.78, 5) is 22.7. The molecule has 0 bridgehead atoms. The van der Waals surface area contributed by atoms with Gasteiger partial charge in [-0.15, -0.1) is 5.10 Å². The van der Waals surface area contributed by atoms with Crippen LogP contribution in [0.4, 0.5) is 0 Å². The zero-order chi connectivity index (χ0) is 15.4. The standard InChI is InChI=1S/C14H16N4O3/c1-9-4-3-5-11(10(9)2)13(19)15-6-7-18-8-12(14(20)21)16-17-18/h3-5,8H,6-7H2,1-2H3,(H,15,19)(H,20,21). The first kappa shape index (κ1) is 14.7. The lowest BCUT2D eigenvalue weighted by Crippen LogP contribution is -2.28. The summed E-state index contributed by atoms with van der Waals surface area (Å²) in [5.41, 5.74) is 2.53. The summed E-state index contributed by atoms with van der Waals surface area (Å²) >= 11 is 0. The molecule has 21 heavy (non-hydrogen) atoms. The molecule has 0 aliphatic carbocycles. The minimum Gasteiger partial charge on any atom is -0.476 e. The van der Waals surface area contributed by atoms with Crippen LogP contribution in [0.2, 0.25) is 0 Å². The maximum atomic E-state index is 12.1. The second-order valence-electron chi connectivity index (χ2n) is 4.68. The van der Waals surface area contributed by atoms with Gasteiger partial charge in [0.15, 0.2) is 5.69 Å². The molecule has 0 aliphatic rings. The predicted molar refractivity (Wildman–Crippen MR) is 75.2 cm³/mol. The van der Waals surface area contributed by atoms with Gasteiger partial charge in [0.1, 0.15) is 0 Å². The number of hydrogen-bond acceptors (Lipinski definition) is 4. The van der Waals surface area contributed by atoms with Crippen molar-refractivity contribution in [3.05, 3.63) is 46.8 Å². The first-order valence-electron chi connectivity index (χ1n) is 6.47. The van der Waals surface area contributed by atoms with E-state index in [1.54, 1.807) is 6.07 Å². The molecular formula is C14H16N4O3. The molecule has 7 heteroatoms. The number of carbonyl (C=O) groups excluding carboxylic acids is 1. The molecule has 1 aromatic heterocycles. The minimum atomic E-state index is -1.12. The molecule has 1 heterocycles. The summed E-state index contributed by atoms with van der Waals surface area (Å²) < 4.78 is 1.38. The monoisotopic (exact) mass is 288 g/mol. The molecule has 2 aromatic rings. The van der Waals surface area contributed by atoms with E-state index < -0.39 is 5.97 Å². The van der Waals surface area contributed by atoms with Crippen molar-refractivity contribution >= 4 is 11.9 Å². The largest absolute Gasteiger partial charge is 0.476 e. The molecule has 0 radical (unpaired) electrons. The maximum absolute atomic E-state index is 12.1. The van der Waals surface area contributed by atoms with Crippen molar-refractivity contribution in [2.45, 2.75) is 20.4 Å². The second-order valence-corrected chi connectivity index (χ2v) is 4.68. The third kappa shape index (κ3) is 3.44. The summed E-state index contributed by atoms with van der Waals surface area (Å²) in [6.07, 6.45) is 1.33. The molecule has 0 saturated carbocycles. The van der Waals surface area contributed by atoms with Crippen LogP contribution >= 0.6 is 0 Å². The number of carboxylic acid groups (broad SMARTS) is 1. The molecule has 0 saturated heterocycles. The van der Waals surface area contributed by atoms with Gasteiger partial charge in [-0.05, 0) is 31.0 Å². The van der Waals surface area contributed by atoms with Gasteiger partial charge in [0, 0.05) is 12.1 Å². The van der Waals surface area contributed by atoms with Gasteiger partial charge in [-0.25, -0.2) is 9.48 Å². The third-order valence-corrected chi connectivity index (χ3v) is 3.23. The van der Waals surface area contributed by atoms with Crippen LogP contribution in [0, 0.1) is 13.8 Å². The molecule has 0 fully saturated rings. The van der Waals surface area contributed by atoms with Crippen LogP contribution in [0.1, 0.15) is 32.0 Å². The maximum Gasteiger partial charge on any atom is 0.358 e. The number of benzene rings is 1. The van der Waals surface area contributed by atoms with Gasteiger partial charge < -0.3 is 10.4 Å². The minimum absolute atomic E-state index is 0.115. The molecule has 0 aliphatic heterocycles. The van der Waals surface area contributed by atoms with Gasteiger partial charge in [0.05, 0.1) is 12.7 Å². The normalized spacial score (nSPS) is 10.4. The Labute approximate surface area is 121 Å². The number of aryl methyl sites for hydroxylation is 1. The fourth-order valence-electron chi connectivity index (χ4n) is 1.88. The fourth-order valence-corrected chi connectivity index (χ4v) is 1.88. The smallest absolute Gasteiger partial charge is 0.358 e. The first-order chi connectivity index (χ1) is 9.99. The Bertz CT molecular complexity index is 679. The SMILES string of the molecule is Cc1cccc(C(=O)NCCn2cc(C(=O)O)nn2)c1C. The predicted octanol–water partition coefficient (Wildman–Crippen LogP) is 1.02. The average molecular weight is 288 g/mol. The molecule has 2 N–H and O–H groups in total. The van der Waals surface area contributed by atoms with Crippen molar-refractivity contribution < 1.29 is 14.7 Å². The molecule has 1 amide bonds. The lowest BCUT2D eigenvalue weighted by Gasteiger charge is -2.09. The topological polar surface area (TPSA) is 97.1 Å². The Balaban J connectivity index is 1.92. The summed E-state index contributed by atoms with van der Waals surface area (Å²) in [5.74, 6) is -1.28. The molecular weight excluding hydrogens is 272 g/mol. The summed E-state index contributed by atoms with van der Waals surface area (Å²) in [6.45, 7) is 4.56. The van der Waals surface area contributed by atoms with Crippen molar-refractivity contribution in [3.8, 4) is 0 Å². The number of nitrogens with one attached hydrogen (secondary N) is 1. The number of hydrogen-bond donors (Lipinski definition) is 2. The molecule has 2 rings (SSSR count). The van der Waals surface area contributed by atoms with Gasteiger partial charge >= 0.3 is 5.97 Å². The van der Waals surface area contributed by atoms with Crippen molar-refractivity contribution in [2.75, 3.05) is 6.54 Å². The fraction of sp³-hybridized carbons (Fsp3) is 0.286. The Morgan fingerprint density at radius 1 is 1.33 bits per heavy atom. The van der Waals surface area contributed by atoms with E-state index in [-0.39, 0.29) is 11.6 Å². The van der Waals surface area contributed by atoms with Crippen LogP contribution in [0.3, 0.4) is 0 Å². The van der Waals surface area contributed by atoms with E-state index in [0.717, 1.165) is 11.1 Å². The van der Waals surface area contributed by atoms with E-state index in [4.69, 9.17) is 5.11 Å². The van der Waals surface area contributed by atoms with E-state index in [1.165, 1.54) is 10.9 Å². The highest BCUT2D eigenvalue weighted by atomic mass is 16.4. The van der Waals surface area contributed by atoms with Gasteiger partial charge in [0.25, 0.3) is 5.91 Å². The van der Waals surface area contributed by atoms with E-state index >= 15 is 0 Å². The number of nitrogens with zero attached hydrogens (tertiary/aromatic N) is 3. The van der Waals surface area contributed by atoms with Crippen LogP contribution in [-0.4, -0.2) is 38.5 Å².